The molecule has 1 atom stereocenters. The predicted molar refractivity (Wildman–Crippen MR) is 63.8 cm³/mol. The second kappa shape index (κ2) is 4.52. The maximum absolute atomic E-state index is 13.1. The first-order valence-corrected chi connectivity index (χ1v) is 5.63. The van der Waals surface area contributed by atoms with Gasteiger partial charge in [0.05, 0.1) is 5.38 Å². The van der Waals surface area contributed by atoms with Crippen molar-refractivity contribution in [2.24, 2.45) is 5.41 Å². The molecule has 1 unspecified atom stereocenters. The third-order valence-electron chi connectivity index (χ3n) is 2.34. The Morgan fingerprint density at radius 3 is 2.40 bits per heavy atom. The van der Waals surface area contributed by atoms with Gasteiger partial charge in [0.15, 0.2) is 0 Å². The van der Waals surface area contributed by atoms with Crippen LogP contribution in [-0.4, -0.2) is 0 Å². The molecule has 1 aromatic rings. The minimum absolute atomic E-state index is 0.0377. The highest BCUT2D eigenvalue weighted by Gasteiger charge is 2.18. The van der Waals surface area contributed by atoms with Crippen molar-refractivity contribution in [2.75, 3.05) is 0 Å². The number of alkyl halides is 1. The van der Waals surface area contributed by atoms with Crippen LogP contribution in [0.25, 0.3) is 0 Å². The second-order valence-corrected chi connectivity index (χ2v) is 5.77. The molecule has 2 heteroatoms. The van der Waals surface area contributed by atoms with Gasteiger partial charge in [0, 0.05) is 0 Å². The summed E-state index contributed by atoms with van der Waals surface area (Å²) in [5.41, 5.74) is 1.85. The molecule has 0 aliphatic carbocycles. The normalized spacial score (nSPS) is 14.0. The van der Waals surface area contributed by atoms with Crippen molar-refractivity contribution in [3.63, 3.8) is 0 Å². The van der Waals surface area contributed by atoms with Crippen LogP contribution in [0.2, 0.25) is 0 Å². The van der Waals surface area contributed by atoms with Crippen LogP contribution >= 0.6 is 11.6 Å². The lowest BCUT2D eigenvalue weighted by molar-refractivity contribution is 0.372. The summed E-state index contributed by atoms with van der Waals surface area (Å²) in [6.45, 7) is 8.22. The molecule has 0 bridgehead atoms. The van der Waals surface area contributed by atoms with Crippen molar-refractivity contribution >= 4 is 11.6 Å². The fourth-order valence-electron chi connectivity index (χ4n) is 1.52. The van der Waals surface area contributed by atoms with E-state index in [4.69, 9.17) is 11.6 Å². The van der Waals surface area contributed by atoms with Crippen molar-refractivity contribution < 1.29 is 4.39 Å². The molecular weight excluding hydrogens is 211 g/mol. The summed E-state index contributed by atoms with van der Waals surface area (Å²) in [6.07, 6.45) is 0.889. The monoisotopic (exact) mass is 228 g/mol. The Morgan fingerprint density at radius 1 is 1.33 bits per heavy atom. The standard InChI is InChI=1S/C13H18ClF/c1-9-7-10(5-6-12(9)15)11(14)8-13(2,3)4/h5-7,11H,8H2,1-4H3. The van der Waals surface area contributed by atoms with Crippen molar-refractivity contribution in [3.05, 3.63) is 35.1 Å². The highest BCUT2D eigenvalue weighted by atomic mass is 35.5. The molecule has 0 nitrogen and oxygen atoms in total. The van der Waals surface area contributed by atoms with Crippen molar-refractivity contribution in [1.82, 2.24) is 0 Å². The number of benzene rings is 1. The first kappa shape index (κ1) is 12.5. The highest BCUT2D eigenvalue weighted by Crippen LogP contribution is 2.34. The van der Waals surface area contributed by atoms with Crippen LogP contribution in [0.5, 0.6) is 0 Å². The summed E-state index contributed by atoms with van der Waals surface area (Å²) < 4.78 is 13.1. The Balaban J connectivity index is 2.83. The van der Waals surface area contributed by atoms with E-state index in [9.17, 15) is 4.39 Å². The maximum Gasteiger partial charge on any atom is 0.126 e. The van der Waals surface area contributed by atoms with Gasteiger partial charge < -0.3 is 0 Å². The lowest BCUT2D eigenvalue weighted by Crippen LogP contribution is -2.08. The highest BCUT2D eigenvalue weighted by molar-refractivity contribution is 6.20. The number of hydrogen-bond donors (Lipinski definition) is 0. The number of hydrogen-bond acceptors (Lipinski definition) is 0. The smallest absolute Gasteiger partial charge is 0.126 e. The third kappa shape index (κ3) is 3.83. The van der Waals surface area contributed by atoms with Crippen molar-refractivity contribution in [1.29, 1.82) is 0 Å². The van der Waals surface area contributed by atoms with E-state index < -0.39 is 0 Å². The summed E-state index contributed by atoms with van der Waals surface area (Å²) in [6, 6.07) is 5.09. The molecule has 0 saturated heterocycles. The molecule has 0 aliphatic heterocycles. The SMILES string of the molecule is Cc1cc(C(Cl)CC(C)(C)C)ccc1F. The average molecular weight is 229 g/mol. The third-order valence-corrected chi connectivity index (χ3v) is 2.74. The van der Waals surface area contributed by atoms with E-state index >= 15 is 0 Å². The van der Waals surface area contributed by atoms with Gasteiger partial charge in [-0.25, -0.2) is 4.39 Å². The summed E-state index contributed by atoms with van der Waals surface area (Å²) in [4.78, 5) is 0. The first-order chi connectivity index (χ1) is 6.79. The van der Waals surface area contributed by atoms with Crippen LogP contribution in [0.15, 0.2) is 18.2 Å². The molecule has 0 aliphatic rings. The fourth-order valence-corrected chi connectivity index (χ4v) is 2.12. The first-order valence-electron chi connectivity index (χ1n) is 5.20. The molecule has 15 heavy (non-hydrogen) atoms. The van der Waals surface area contributed by atoms with E-state index in [-0.39, 0.29) is 16.6 Å². The molecule has 0 amide bonds. The molecule has 1 rings (SSSR count). The average Bonchev–Trinajstić information content (AvgIpc) is 2.06. The number of aryl methyl sites for hydroxylation is 1. The summed E-state index contributed by atoms with van der Waals surface area (Å²) >= 11 is 6.29. The van der Waals surface area contributed by atoms with E-state index in [2.05, 4.69) is 20.8 Å². The lowest BCUT2D eigenvalue weighted by atomic mass is 9.88. The lowest BCUT2D eigenvalue weighted by Gasteiger charge is -2.22. The van der Waals surface area contributed by atoms with Gasteiger partial charge in [0.2, 0.25) is 0 Å². The molecule has 1 aromatic carbocycles. The van der Waals surface area contributed by atoms with E-state index in [1.54, 1.807) is 13.0 Å². The Labute approximate surface area is 96.5 Å². The van der Waals surface area contributed by atoms with E-state index in [0.717, 1.165) is 12.0 Å². The quantitative estimate of drug-likeness (QED) is 0.635. The largest absolute Gasteiger partial charge is 0.207 e. The molecule has 84 valence electrons. The predicted octanol–water partition coefficient (Wildman–Crippen LogP) is 4.85. The summed E-state index contributed by atoms with van der Waals surface area (Å²) in [7, 11) is 0. The Kier molecular flexibility index (Phi) is 3.77. The molecule has 0 saturated carbocycles. The molecule has 0 fully saturated rings. The Hall–Kier alpha value is -0.560. The molecular formula is C13H18ClF. The maximum atomic E-state index is 13.1. The second-order valence-electron chi connectivity index (χ2n) is 5.24. The zero-order chi connectivity index (χ0) is 11.6. The Bertz CT molecular complexity index is 339. The van der Waals surface area contributed by atoms with Crippen LogP contribution in [0.3, 0.4) is 0 Å². The van der Waals surface area contributed by atoms with Gasteiger partial charge in [-0.3, -0.25) is 0 Å². The van der Waals surface area contributed by atoms with E-state index in [1.165, 1.54) is 6.07 Å². The van der Waals surface area contributed by atoms with Gasteiger partial charge in [0.1, 0.15) is 5.82 Å². The Morgan fingerprint density at radius 2 is 1.93 bits per heavy atom. The van der Waals surface area contributed by atoms with Gasteiger partial charge >= 0.3 is 0 Å². The van der Waals surface area contributed by atoms with Crippen LogP contribution < -0.4 is 0 Å². The van der Waals surface area contributed by atoms with E-state index in [1.807, 2.05) is 6.07 Å². The molecule has 0 N–H and O–H groups in total. The van der Waals surface area contributed by atoms with Gasteiger partial charge in [0.25, 0.3) is 0 Å². The van der Waals surface area contributed by atoms with Gasteiger partial charge in [-0.1, -0.05) is 32.9 Å². The molecule has 0 radical (unpaired) electrons. The molecule has 0 spiro atoms. The summed E-state index contributed by atoms with van der Waals surface area (Å²) in [5, 5.41) is -0.0377. The van der Waals surface area contributed by atoms with Crippen LogP contribution in [0.1, 0.15) is 43.7 Å². The van der Waals surface area contributed by atoms with E-state index in [0.29, 0.717) is 5.56 Å². The van der Waals surface area contributed by atoms with Crippen molar-refractivity contribution in [3.8, 4) is 0 Å². The van der Waals surface area contributed by atoms with Crippen LogP contribution in [0.4, 0.5) is 4.39 Å². The zero-order valence-corrected chi connectivity index (χ0v) is 10.5. The van der Waals surface area contributed by atoms with Gasteiger partial charge in [-0.2, -0.15) is 0 Å². The summed E-state index contributed by atoms with van der Waals surface area (Å²) in [5.74, 6) is -0.168. The molecule has 0 aromatic heterocycles. The fraction of sp³-hybridized carbons (Fsp3) is 0.538. The minimum Gasteiger partial charge on any atom is -0.207 e. The van der Waals surface area contributed by atoms with Crippen LogP contribution in [-0.2, 0) is 0 Å². The number of halogens is 2. The van der Waals surface area contributed by atoms with Gasteiger partial charge in [-0.15, -0.1) is 11.6 Å². The zero-order valence-electron chi connectivity index (χ0n) is 9.77. The van der Waals surface area contributed by atoms with Crippen LogP contribution in [0, 0.1) is 18.2 Å². The minimum atomic E-state index is -0.168. The van der Waals surface area contributed by atoms with Crippen molar-refractivity contribution in [2.45, 2.75) is 39.5 Å². The molecule has 0 heterocycles. The topological polar surface area (TPSA) is 0 Å². The van der Waals surface area contributed by atoms with Gasteiger partial charge in [-0.05, 0) is 36.0 Å². The number of rotatable bonds is 2.